The number of rotatable bonds is 4. The van der Waals surface area contributed by atoms with Gasteiger partial charge in [-0.25, -0.2) is 8.42 Å². The number of piperazine rings is 1. The van der Waals surface area contributed by atoms with Crippen molar-refractivity contribution < 1.29 is 17.7 Å². The van der Waals surface area contributed by atoms with Gasteiger partial charge in [-0.3, -0.25) is 4.79 Å². The van der Waals surface area contributed by atoms with E-state index in [2.05, 4.69) is 9.72 Å². The lowest BCUT2D eigenvalue weighted by atomic mass is 10.2. The summed E-state index contributed by atoms with van der Waals surface area (Å²) in [5.41, 5.74) is 3.85. The quantitative estimate of drug-likeness (QED) is 0.620. The van der Waals surface area contributed by atoms with Gasteiger partial charge in [-0.15, -0.1) is 0 Å². The van der Waals surface area contributed by atoms with Crippen LogP contribution < -0.4 is 0 Å². The van der Waals surface area contributed by atoms with Gasteiger partial charge < -0.3 is 14.0 Å². The van der Waals surface area contributed by atoms with Crippen molar-refractivity contribution in [2.75, 3.05) is 26.2 Å². The van der Waals surface area contributed by atoms with Crippen molar-refractivity contribution in [1.29, 1.82) is 0 Å². The maximum absolute atomic E-state index is 13.2. The SMILES string of the molecule is Cc1noc(C)c1S(=O)(=O)N1CCN(C(=O)c2cc(C)n(-c3ccccc3)c2C)CC1. The van der Waals surface area contributed by atoms with Gasteiger partial charge in [-0.05, 0) is 45.9 Å². The Morgan fingerprint density at radius 3 is 2.23 bits per heavy atom. The molecule has 9 heteroatoms. The van der Waals surface area contributed by atoms with Gasteiger partial charge >= 0.3 is 0 Å². The summed E-state index contributed by atoms with van der Waals surface area (Å²) in [7, 11) is -3.71. The molecule has 2 aromatic heterocycles. The molecule has 3 heterocycles. The van der Waals surface area contributed by atoms with Crippen LogP contribution in [-0.2, 0) is 10.0 Å². The number of aryl methyl sites for hydroxylation is 3. The van der Waals surface area contributed by atoms with Crippen LogP contribution in [0, 0.1) is 27.7 Å². The average Bonchev–Trinajstić information content (AvgIpc) is 3.26. The first-order valence-electron chi connectivity index (χ1n) is 10.2. The van der Waals surface area contributed by atoms with Crippen molar-refractivity contribution in [1.82, 2.24) is 18.9 Å². The molecule has 0 radical (unpaired) electrons. The standard InChI is InChI=1S/C22H26N4O4S/c1-15-14-20(17(3)26(15)19-8-6-5-7-9-19)22(27)24-10-12-25(13-11-24)31(28,29)21-16(2)23-30-18(21)4/h5-9,14H,10-13H2,1-4H3. The van der Waals surface area contributed by atoms with Gasteiger partial charge in [0, 0.05) is 43.3 Å². The molecule has 0 saturated carbocycles. The van der Waals surface area contributed by atoms with Crippen LogP contribution in [0.25, 0.3) is 5.69 Å². The van der Waals surface area contributed by atoms with Crippen molar-refractivity contribution in [3.05, 3.63) is 64.8 Å². The van der Waals surface area contributed by atoms with Crippen molar-refractivity contribution in [3.8, 4) is 5.69 Å². The zero-order chi connectivity index (χ0) is 22.3. The largest absolute Gasteiger partial charge is 0.360 e. The van der Waals surface area contributed by atoms with E-state index in [1.165, 1.54) is 4.31 Å². The lowest BCUT2D eigenvalue weighted by Crippen LogP contribution is -2.50. The summed E-state index contributed by atoms with van der Waals surface area (Å²) in [6, 6.07) is 11.8. The number of amides is 1. The number of aromatic nitrogens is 2. The molecule has 0 N–H and O–H groups in total. The van der Waals surface area contributed by atoms with Crippen LogP contribution in [0.4, 0.5) is 0 Å². The maximum atomic E-state index is 13.2. The Bertz CT molecular complexity index is 1200. The molecule has 4 rings (SSSR count). The van der Waals surface area contributed by atoms with Crippen LogP contribution >= 0.6 is 0 Å². The molecule has 1 aliphatic heterocycles. The van der Waals surface area contributed by atoms with E-state index >= 15 is 0 Å². The fourth-order valence-corrected chi connectivity index (χ4v) is 5.94. The van der Waals surface area contributed by atoms with E-state index in [1.54, 1.807) is 18.7 Å². The van der Waals surface area contributed by atoms with Crippen LogP contribution in [0.15, 0.2) is 45.8 Å². The smallest absolute Gasteiger partial charge is 0.255 e. The number of carbonyl (C=O) groups excluding carboxylic acids is 1. The Labute approximate surface area is 182 Å². The third kappa shape index (κ3) is 3.68. The van der Waals surface area contributed by atoms with Gasteiger partial charge in [0.05, 0.1) is 5.56 Å². The number of hydrogen-bond acceptors (Lipinski definition) is 5. The van der Waals surface area contributed by atoms with Gasteiger partial charge in [0.1, 0.15) is 10.6 Å². The zero-order valence-electron chi connectivity index (χ0n) is 18.1. The minimum absolute atomic E-state index is 0.0790. The number of sulfonamides is 1. The minimum atomic E-state index is -3.71. The molecular formula is C22H26N4O4S. The molecule has 0 atom stereocenters. The van der Waals surface area contributed by atoms with Gasteiger partial charge in [-0.2, -0.15) is 4.31 Å². The monoisotopic (exact) mass is 442 g/mol. The first-order valence-corrected chi connectivity index (χ1v) is 11.6. The van der Waals surface area contributed by atoms with Crippen LogP contribution in [0.2, 0.25) is 0 Å². The molecule has 1 aliphatic rings. The van der Waals surface area contributed by atoms with Crippen LogP contribution in [-0.4, -0.2) is 59.4 Å². The van der Waals surface area contributed by atoms with Crippen LogP contribution in [0.5, 0.6) is 0 Å². The normalized spacial score (nSPS) is 15.4. The minimum Gasteiger partial charge on any atom is -0.360 e. The Kier molecular flexibility index (Phi) is 5.49. The summed E-state index contributed by atoms with van der Waals surface area (Å²) in [6.45, 7) is 8.25. The fourth-order valence-electron chi connectivity index (χ4n) is 4.23. The third-order valence-corrected chi connectivity index (χ3v) is 7.91. The van der Waals surface area contributed by atoms with E-state index in [-0.39, 0.29) is 29.7 Å². The van der Waals surface area contributed by atoms with E-state index in [4.69, 9.17) is 4.52 Å². The lowest BCUT2D eigenvalue weighted by molar-refractivity contribution is 0.0697. The molecule has 0 bridgehead atoms. The van der Waals surface area contributed by atoms with E-state index in [0.717, 1.165) is 17.1 Å². The molecule has 8 nitrogen and oxygen atoms in total. The van der Waals surface area contributed by atoms with Gasteiger partial charge in [0.15, 0.2) is 5.76 Å². The molecular weight excluding hydrogens is 416 g/mol. The Hall–Kier alpha value is -2.91. The van der Waals surface area contributed by atoms with Gasteiger partial charge in [-0.1, -0.05) is 23.4 Å². The van der Waals surface area contributed by atoms with E-state index in [1.807, 2.05) is 50.2 Å². The summed E-state index contributed by atoms with van der Waals surface area (Å²) in [5.74, 6) is 0.203. The molecule has 1 fully saturated rings. The molecule has 1 saturated heterocycles. The second kappa shape index (κ2) is 7.97. The second-order valence-corrected chi connectivity index (χ2v) is 9.68. The predicted molar refractivity (Wildman–Crippen MR) is 116 cm³/mol. The summed E-state index contributed by atoms with van der Waals surface area (Å²) < 4.78 is 34.5. The molecule has 31 heavy (non-hydrogen) atoms. The zero-order valence-corrected chi connectivity index (χ0v) is 18.9. The van der Waals surface area contributed by atoms with E-state index in [9.17, 15) is 13.2 Å². The van der Waals surface area contributed by atoms with Gasteiger partial charge in [0.25, 0.3) is 5.91 Å². The molecule has 0 unspecified atom stereocenters. The second-order valence-electron chi connectivity index (χ2n) is 7.81. The summed E-state index contributed by atoms with van der Waals surface area (Å²) in [5, 5.41) is 3.76. The average molecular weight is 443 g/mol. The van der Waals surface area contributed by atoms with E-state index in [0.29, 0.717) is 24.3 Å². The highest BCUT2D eigenvalue weighted by Crippen LogP contribution is 2.26. The molecule has 0 spiro atoms. The fraction of sp³-hybridized carbons (Fsp3) is 0.364. The number of hydrogen-bond donors (Lipinski definition) is 0. The molecule has 0 aliphatic carbocycles. The highest BCUT2D eigenvalue weighted by Gasteiger charge is 2.35. The van der Waals surface area contributed by atoms with Crippen molar-refractivity contribution >= 4 is 15.9 Å². The summed E-state index contributed by atoms with van der Waals surface area (Å²) >= 11 is 0. The number of para-hydroxylation sites is 1. The molecule has 3 aromatic rings. The number of carbonyl (C=O) groups is 1. The molecule has 1 amide bonds. The summed E-state index contributed by atoms with van der Waals surface area (Å²) in [6.07, 6.45) is 0. The van der Waals surface area contributed by atoms with Gasteiger partial charge in [0.2, 0.25) is 10.0 Å². The first-order chi connectivity index (χ1) is 14.7. The van der Waals surface area contributed by atoms with E-state index < -0.39 is 10.0 Å². The Morgan fingerprint density at radius 2 is 1.65 bits per heavy atom. The topological polar surface area (TPSA) is 88.7 Å². The Balaban J connectivity index is 1.52. The van der Waals surface area contributed by atoms with Crippen LogP contribution in [0.3, 0.4) is 0 Å². The highest BCUT2D eigenvalue weighted by molar-refractivity contribution is 7.89. The predicted octanol–water partition coefficient (Wildman–Crippen LogP) is 2.85. The van der Waals surface area contributed by atoms with Crippen molar-refractivity contribution in [2.45, 2.75) is 32.6 Å². The first kappa shape index (κ1) is 21.3. The highest BCUT2D eigenvalue weighted by atomic mass is 32.2. The summed E-state index contributed by atoms with van der Waals surface area (Å²) in [4.78, 5) is 15.1. The Morgan fingerprint density at radius 1 is 1.00 bits per heavy atom. The number of nitrogens with zero attached hydrogens (tertiary/aromatic N) is 4. The van der Waals surface area contributed by atoms with Crippen molar-refractivity contribution in [3.63, 3.8) is 0 Å². The third-order valence-electron chi connectivity index (χ3n) is 5.77. The number of benzene rings is 1. The lowest BCUT2D eigenvalue weighted by Gasteiger charge is -2.34. The molecule has 1 aromatic carbocycles. The van der Waals surface area contributed by atoms with Crippen LogP contribution in [0.1, 0.15) is 33.2 Å². The molecule has 164 valence electrons. The van der Waals surface area contributed by atoms with Crippen molar-refractivity contribution in [2.24, 2.45) is 0 Å². The maximum Gasteiger partial charge on any atom is 0.255 e.